The predicted molar refractivity (Wildman–Crippen MR) is 114 cm³/mol. The molecule has 0 aliphatic carbocycles. The Kier molecular flexibility index (Phi) is 5.27. The van der Waals surface area contributed by atoms with Crippen LogP contribution in [-0.4, -0.2) is 45.1 Å². The van der Waals surface area contributed by atoms with E-state index >= 15 is 0 Å². The van der Waals surface area contributed by atoms with Crippen molar-refractivity contribution in [1.82, 2.24) is 14.5 Å². The zero-order valence-electron chi connectivity index (χ0n) is 16.1. The van der Waals surface area contributed by atoms with Crippen LogP contribution in [0.2, 0.25) is 0 Å². The number of thioether (sulfide) groups is 1. The summed E-state index contributed by atoms with van der Waals surface area (Å²) in [6.45, 7) is 0.990. The van der Waals surface area contributed by atoms with Crippen molar-refractivity contribution in [3.05, 3.63) is 46.8 Å². The van der Waals surface area contributed by atoms with Crippen LogP contribution in [0.5, 0.6) is 0 Å². The minimum absolute atomic E-state index is 0.0752. The molecular formula is C21H22N4O3S. The highest BCUT2D eigenvalue weighted by atomic mass is 32.2. The molecule has 1 aliphatic rings. The van der Waals surface area contributed by atoms with Crippen LogP contribution in [0.3, 0.4) is 0 Å². The number of hydrogen-bond donors (Lipinski definition) is 1. The Morgan fingerprint density at radius 2 is 1.97 bits per heavy atom. The van der Waals surface area contributed by atoms with Crippen molar-refractivity contribution in [3.63, 3.8) is 0 Å². The Morgan fingerprint density at radius 3 is 2.69 bits per heavy atom. The van der Waals surface area contributed by atoms with Gasteiger partial charge in [-0.25, -0.2) is 4.98 Å². The lowest BCUT2D eigenvalue weighted by Crippen LogP contribution is -2.44. The van der Waals surface area contributed by atoms with E-state index in [1.54, 1.807) is 11.9 Å². The van der Waals surface area contributed by atoms with E-state index in [0.29, 0.717) is 29.1 Å². The first-order valence-corrected chi connectivity index (χ1v) is 10.5. The molecule has 29 heavy (non-hydrogen) atoms. The van der Waals surface area contributed by atoms with E-state index in [9.17, 15) is 14.4 Å². The summed E-state index contributed by atoms with van der Waals surface area (Å²) in [5.41, 5.74) is 5.88. The molecule has 0 bridgehead atoms. The number of amides is 2. The summed E-state index contributed by atoms with van der Waals surface area (Å²) in [6.07, 6.45) is 1.49. The molecular weight excluding hydrogens is 388 g/mol. The molecule has 1 aromatic heterocycles. The van der Waals surface area contributed by atoms with Crippen molar-refractivity contribution in [3.8, 4) is 0 Å². The van der Waals surface area contributed by atoms with Crippen LogP contribution >= 0.6 is 11.8 Å². The zero-order valence-corrected chi connectivity index (χ0v) is 16.9. The van der Waals surface area contributed by atoms with E-state index in [1.807, 2.05) is 36.4 Å². The topological polar surface area (TPSA) is 98.3 Å². The van der Waals surface area contributed by atoms with E-state index in [2.05, 4.69) is 4.98 Å². The highest BCUT2D eigenvalue weighted by Crippen LogP contribution is 2.23. The molecule has 1 atom stereocenters. The second-order valence-corrected chi connectivity index (χ2v) is 8.29. The molecule has 0 unspecified atom stereocenters. The molecule has 4 rings (SSSR count). The third-order valence-electron chi connectivity index (χ3n) is 5.40. The molecule has 2 aromatic carbocycles. The Balaban J connectivity index is 1.57. The Labute approximate surface area is 171 Å². The van der Waals surface area contributed by atoms with Gasteiger partial charge in [-0.3, -0.25) is 19.0 Å². The van der Waals surface area contributed by atoms with Gasteiger partial charge in [-0.15, -0.1) is 0 Å². The molecule has 8 heteroatoms. The fourth-order valence-electron chi connectivity index (χ4n) is 3.72. The fraction of sp³-hybridized carbons (Fsp3) is 0.333. The molecule has 150 valence electrons. The molecule has 0 spiro atoms. The zero-order chi connectivity index (χ0) is 20.5. The molecule has 0 saturated carbocycles. The monoisotopic (exact) mass is 410 g/mol. The number of primary amides is 1. The molecule has 1 aliphatic heterocycles. The van der Waals surface area contributed by atoms with Gasteiger partial charge in [0.1, 0.15) is 0 Å². The maximum absolute atomic E-state index is 12.8. The third-order valence-corrected chi connectivity index (χ3v) is 6.42. The summed E-state index contributed by atoms with van der Waals surface area (Å²) in [5.74, 6) is -0.561. The number of rotatable bonds is 4. The standard InChI is InChI=1S/C21H22N4O3S/c1-24-20(28)16-9-13-5-2-3-6-14(13)10-17(16)23-21(24)29-12-18(26)25-8-4-7-15(11-25)19(22)27/h2-3,5-6,9-10,15H,4,7-8,11-12H2,1H3,(H2,22,27)/t15-/m1/s1. The molecule has 1 saturated heterocycles. The van der Waals surface area contributed by atoms with E-state index in [4.69, 9.17) is 5.73 Å². The van der Waals surface area contributed by atoms with Crippen LogP contribution in [0, 0.1) is 5.92 Å². The minimum Gasteiger partial charge on any atom is -0.369 e. The average molecular weight is 410 g/mol. The minimum atomic E-state index is -0.360. The first-order valence-electron chi connectivity index (χ1n) is 9.53. The van der Waals surface area contributed by atoms with E-state index in [-0.39, 0.29) is 29.0 Å². The number of carbonyl (C=O) groups excluding carboxylic acids is 2. The Bertz CT molecular complexity index is 1170. The van der Waals surface area contributed by atoms with Gasteiger partial charge < -0.3 is 10.6 Å². The van der Waals surface area contributed by atoms with Gasteiger partial charge >= 0.3 is 0 Å². The second kappa shape index (κ2) is 7.87. The van der Waals surface area contributed by atoms with Crippen LogP contribution in [0.15, 0.2) is 46.3 Å². The highest BCUT2D eigenvalue weighted by molar-refractivity contribution is 7.99. The number of nitrogens with two attached hydrogens (primary N) is 1. The molecule has 7 nitrogen and oxygen atoms in total. The summed E-state index contributed by atoms with van der Waals surface area (Å²) in [4.78, 5) is 43.2. The van der Waals surface area contributed by atoms with E-state index < -0.39 is 0 Å². The molecule has 2 N–H and O–H groups in total. The van der Waals surface area contributed by atoms with Gasteiger partial charge in [-0.05, 0) is 35.7 Å². The maximum atomic E-state index is 12.8. The van der Waals surface area contributed by atoms with Crippen molar-refractivity contribution in [2.75, 3.05) is 18.8 Å². The van der Waals surface area contributed by atoms with Crippen LogP contribution in [0.4, 0.5) is 0 Å². The number of fused-ring (bicyclic) bond motifs is 2. The molecule has 0 radical (unpaired) electrons. The quantitative estimate of drug-likeness (QED) is 0.402. The van der Waals surface area contributed by atoms with Crippen LogP contribution < -0.4 is 11.3 Å². The largest absolute Gasteiger partial charge is 0.369 e. The number of benzene rings is 2. The second-order valence-electron chi connectivity index (χ2n) is 7.35. The third kappa shape index (κ3) is 3.85. The van der Waals surface area contributed by atoms with Crippen LogP contribution in [0.25, 0.3) is 21.7 Å². The van der Waals surface area contributed by atoms with Gasteiger partial charge in [0.2, 0.25) is 11.8 Å². The smallest absolute Gasteiger partial charge is 0.261 e. The molecule has 2 amide bonds. The summed E-state index contributed by atoms with van der Waals surface area (Å²) >= 11 is 1.24. The van der Waals surface area contributed by atoms with Crippen molar-refractivity contribution >= 4 is 45.3 Å². The lowest BCUT2D eigenvalue weighted by molar-refractivity contribution is -0.132. The predicted octanol–water partition coefficient (Wildman–Crippen LogP) is 1.90. The van der Waals surface area contributed by atoms with Gasteiger partial charge in [0.15, 0.2) is 5.16 Å². The van der Waals surface area contributed by atoms with E-state index in [1.165, 1.54) is 16.3 Å². The lowest BCUT2D eigenvalue weighted by Gasteiger charge is -2.31. The number of nitrogens with zero attached hydrogens (tertiary/aromatic N) is 3. The average Bonchev–Trinajstić information content (AvgIpc) is 2.74. The van der Waals surface area contributed by atoms with Crippen molar-refractivity contribution in [1.29, 1.82) is 0 Å². The first-order chi connectivity index (χ1) is 13.9. The summed E-state index contributed by atoms with van der Waals surface area (Å²) in [6, 6.07) is 11.6. The van der Waals surface area contributed by atoms with Gasteiger partial charge in [-0.2, -0.15) is 0 Å². The van der Waals surface area contributed by atoms with Gasteiger partial charge in [0.05, 0.1) is 22.6 Å². The van der Waals surface area contributed by atoms with E-state index in [0.717, 1.165) is 23.6 Å². The van der Waals surface area contributed by atoms with Crippen molar-refractivity contribution < 1.29 is 9.59 Å². The van der Waals surface area contributed by atoms with Gasteiger partial charge in [0, 0.05) is 20.1 Å². The van der Waals surface area contributed by atoms with Crippen LogP contribution in [-0.2, 0) is 16.6 Å². The highest BCUT2D eigenvalue weighted by Gasteiger charge is 2.27. The molecule has 2 heterocycles. The maximum Gasteiger partial charge on any atom is 0.261 e. The number of carbonyl (C=O) groups is 2. The lowest BCUT2D eigenvalue weighted by atomic mass is 9.97. The van der Waals surface area contributed by atoms with Crippen LogP contribution in [0.1, 0.15) is 12.8 Å². The Hall–Kier alpha value is -2.87. The first kappa shape index (κ1) is 19.4. The van der Waals surface area contributed by atoms with Crippen molar-refractivity contribution in [2.24, 2.45) is 18.7 Å². The normalized spacial score (nSPS) is 17.0. The number of aromatic nitrogens is 2. The van der Waals surface area contributed by atoms with Crippen molar-refractivity contribution in [2.45, 2.75) is 18.0 Å². The molecule has 3 aromatic rings. The fourth-order valence-corrected chi connectivity index (χ4v) is 4.59. The van der Waals surface area contributed by atoms with Gasteiger partial charge in [-0.1, -0.05) is 36.0 Å². The SMILES string of the molecule is Cn1c(SCC(=O)N2CCC[C@@H](C(N)=O)C2)nc2cc3ccccc3cc2c1=O. The number of piperidine rings is 1. The molecule has 1 fully saturated rings. The number of likely N-dealkylation sites (tertiary alicyclic amines) is 1. The Morgan fingerprint density at radius 1 is 1.24 bits per heavy atom. The number of hydrogen-bond acceptors (Lipinski definition) is 5. The van der Waals surface area contributed by atoms with Gasteiger partial charge in [0.25, 0.3) is 5.56 Å². The summed E-state index contributed by atoms with van der Waals surface area (Å²) in [7, 11) is 1.67. The summed E-state index contributed by atoms with van der Waals surface area (Å²) in [5, 5.41) is 3.05. The summed E-state index contributed by atoms with van der Waals surface area (Å²) < 4.78 is 1.48.